The Morgan fingerprint density at radius 2 is 2.00 bits per heavy atom. The van der Waals surface area contributed by atoms with Crippen molar-refractivity contribution in [2.45, 2.75) is 17.4 Å². The molecular weight excluding hydrogens is 353 g/mol. The zero-order valence-corrected chi connectivity index (χ0v) is 14.5. The summed E-state index contributed by atoms with van der Waals surface area (Å²) in [6.07, 6.45) is 0.502. The minimum absolute atomic E-state index is 0.0484. The number of hydrogen-bond donors (Lipinski definition) is 0. The Bertz CT molecular complexity index is 629. The Kier molecular flexibility index (Phi) is 5.46. The summed E-state index contributed by atoms with van der Waals surface area (Å²) in [6, 6.07) is 4.94. The van der Waals surface area contributed by atoms with Crippen LogP contribution in [0, 0.1) is 0 Å². The first-order chi connectivity index (χ1) is 9.80. The largest absolute Gasteiger partial charge is 0.341 e. The van der Waals surface area contributed by atoms with Crippen molar-refractivity contribution in [3.8, 4) is 0 Å². The van der Waals surface area contributed by atoms with Gasteiger partial charge in [0.05, 0.1) is 27.3 Å². The number of sulfone groups is 1. The van der Waals surface area contributed by atoms with Gasteiger partial charge in [-0.1, -0.05) is 29.3 Å². The molecule has 1 fully saturated rings. The monoisotopic (exact) mass is 367 g/mol. The van der Waals surface area contributed by atoms with Crippen LogP contribution in [0.25, 0.3) is 0 Å². The van der Waals surface area contributed by atoms with Gasteiger partial charge in [0.1, 0.15) is 0 Å². The van der Waals surface area contributed by atoms with Crippen LogP contribution in [0.5, 0.6) is 0 Å². The van der Waals surface area contributed by atoms with Gasteiger partial charge < -0.3 is 4.90 Å². The number of halogens is 2. The molecule has 0 bridgehead atoms. The van der Waals surface area contributed by atoms with Gasteiger partial charge in [-0.15, -0.1) is 11.8 Å². The lowest BCUT2D eigenvalue weighted by Gasteiger charge is -2.23. The number of carbonyl (C=O) groups excluding carboxylic acids is 1. The number of benzene rings is 1. The van der Waals surface area contributed by atoms with Gasteiger partial charge in [0.15, 0.2) is 9.84 Å². The highest BCUT2D eigenvalue weighted by atomic mass is 35.5. The van der Waals surface area contributed by atoms with E-state index in [-0.39, 0.29) is 29.2 Å². The van der Waals surface area contributed by atoms with Crippen LogP contribution in [0.3, 0.4) is 0 Å². The molecule has 2 rings (SSSR count). The molecule has 8 heteroatoms. The lowest BCUT2D eigenvalue weighted by Crippen LogP contribution is -2.38. The normalized spacial score (nSPS) is 20.4. The topological polar surface area (TPSA) is 54.5 Å². The third-order valence-corrected chi connectivity index (χ3v) is 7.13. The number of rotatable bonds is 4. The van der Waals surface area contributed by atoms with Gasteiger partial charge in [-0.25, -0.2) is 8.42 Å². The van der Waals surface area contributed by atoms with Crippen LogP contribution in [0.15, 0.2) is 23.1 Å². The molecule has 0 aromatic heterocycles. The molecule has 1 aromatic rings. The van der Waals surface area contributed by atoms with Gasteiger partial charge in [0, 0.05) is 18.0 Å². The summed E-state index contributed by atoms with van der Waals surface area (Å²) in [7, 11) is -1.36. The van der Waals surface area contributed by atoms with E-state index >= 15 is 0 Å². The first-order valence-corrected chi connectivity index (χ1v) is 9.89. The summed E-state index contributed by atoms with van der Waals surface area (Å²) in [4.78, 5) is 14.3. The second-order valence-corrected chi connectivity index (χ2v) is 8.93. The number of hydrogen-bond acceptors (Lipinski definition) is 4. The van der Waals surface area contributed by atoms with Gasteiger partial charge in [-0.3, -0.25) is 4.79 Å². The minimum Gasteiger partial charge on any atom is -0.341 e. The summed E-state index contributed by atoms with van der Waals surface area (Å²) < 4.78 is 22.9. The fourth-order valence-corrected chi connectivity index (χ4v) is 5.52. The standard InChI is InChI=1S/C13H15Cl2NO3S2/c1-16(9-5-6-21(18,19)8-9)12(17)7-20-13-10(14)3-2-4-11(13)15/h2-4,9H,5-8H2,1H3. The van der Waals surface area contributed by atoms with Gasteiger partial charge >= 0.3 is 0 Å². The molecule has 1 unspecified atom stereocenters. The van der Waals surface area contributed by atoms with E-state index < -0.39 is 9.84 Å². The summed E-state index contributed by atoms with van der Waals surface area (Å²) in [5, 5.41) is 1.01. The molecule has 116 valence electrons. The maximum Gasteiger partial charge on any atom is 0.232 e. The van der Waals surface area contributed by atoms with E-state index in [0.717, 1.165) is 0 Å². The lowest BCUT2D eigenvalue weighted by molar-refractivity contribution is -0.128. The van der Waals surface area contributed by atoms with Gasteiger partial charge in [-0.2, -0.15) is 0 Å². The van der Waals surface area contributed by atoms with E-state index in [1.54, 1.807) is 25.2 Å². The third kappa shape index (κ3) is 4.28. The smallest absolute Gasteiger partial charge is 0.232 e. The molecule has 0 N–H and O–H groups in total. The molecule has 0 spiro atoms. The molecule has 1 aliphatic heterocycles. The van der Waals surface area contributed by atoms with Crippen molar-refractivity contribution in [1.82, 2.24) is 4.90 Å². The Morgan fingerprint density at radius 3 is 2.52 bits per heavy atom. The highest BCUT2D eigenvalue weighted by Gasteiger charge is 2.32. The van der Waals surface area contributed by atoms with Crippen molar-refractivity contribution in [3.05, 3.63) is 28.2 Å². The average Bonchev–Trinajstić information content (AvgIpc) is 2.77. The highest BCUT2D eigenvalue weighted by Crippen LogP contribution is 2.34. The molecule has 21 heavy (non-hydrogen) atoms. The minimum atomic E-state index is -3.00. The molecule has 1 heterocycles. The Balaban J connectivity index is 1.96. The van der Waals surface area contributed by atoms with Crippen LogP contribution in [0.2, 0.25) is 10.0 Å². The van der Waals surface area contributed by atoms with E-state index in [2.05, 4.69) is 0 Å². The predicted molar refractivity (Wildman–Crippen MR) is 87.0 cm³/mol. The first kappa shape index (κ1) is 16.9. The van der Waals surface area contributed by atoms with E-state index in [4.69, 9.17) is 23.2 Å². The summed E-state index contributed by atoms with van der Waals surface area (Å²) in [5.74, 6) is 0.250. The van der Waals surface area contributed by atoms with Crippen molar-refractivity contribution >= 4 is 50.7 Å². The molecule has 1 amide bonds. The van der Waals surface area contributed by atoms with Crippen LogP contribution >= 0.6 is 35.0 Å². The molecule has 0 radical (unpaired) electrons. The Hall–Kier alpha value is -0.430. The lowest BCUT2D eigenvalue weighted by atomic mass is 10.2. The van der Waals surface area contributed by atoms with E-state index in [0.29, 0.717) is 21.4 Å². The molecular formula is C13H15Cl2NO3S2. The van der Waals surface area contributed by atoms with Crippen molar-refractivity contribution in [2.24, 2.45) is 0 Å². The van der Waals surface area contributed by atoms with E-state index in [1.807, 2.05) is 0 Å². The molecule has 0 saturated carbocycles. The maximum absolute atomic E-state index is 12.2. The molecule has 0 aliphatic carbocycles. The Morgan fingerprint density at radius 1 is 1.38 bits per heavy atom. The second kappa shape index (κ2) is 6.77. The van der Waals surface area contributed by atoms with E-state index in [1.165, 1.54) is 16.7 Å². The van der Waals surface area contributed by atoms with Gasteiger partial charge in [0.2, 0.25) is 5.91 Å². The van der Waals surface area contributed by atoms with Crippen LogP contribution in [-0.4, -0.2) is 49.6 Å². The Labute approximate surface area is 138 Å². The van der Waals surface area contributed by atoms with Crippen LogP contribution in [0.1, 0.15) is 6.42 Å². The molecule has 4 nitrogen and oxygen atoms in total. The molecule has 1 atom stereocenters. The average molecular weight is 368 g/mol. The fourth-order valence-electron chi connectivity index (χ4n) is 2.14. The zero-order chi connectivity index (χ0) is 15.6. The van der Waals surface area contributed by atoms with Crippen molar-refractivity contribution in [1.29, 1.82) is 0 Å². The summed E-state index contributed by atoms with van der Waals surface area (Å²) in [6.45, 7) is 0. The van der Waals surface area contributed by atoms with Crippen LogP contribution in [-0.2, 0) is 14.6 Å². The summed E-state index contributed by atoms with van der Waals surface area (Å²) >= 11 is 13.4. The maximum atomic E-state index is 12.2. The summed E-state index contributed by atoms with van der Waals surface area (Å²) in [5.41, 5.74) is 0. The fraction of sp³-hybridized carbons (Fsp3) is 0.462. The number of amides is 1. The zero-order valence-electron chi connectivity index (χ0n) is 11.4. The molecule has 1 aromatic carbocycles. The van der Waals surface area contributed by atoms with Crippen LogP contribution in [0.4, 0.5) is 0 Å². The van der Waals surface area contributed by atoms with Gasteiger partial charge in [-0.05, 0) is 18.6 Å². The number of thioether (sulfide) groups is 1. The van der Waals surface area contributed by atoms with Crippen LogP contribution < -0.4 is 0 Å². The van der Waals surface area contributed by atoms with Crippen molar-refractivity contribution in [3.63, 3.8) is 0 Å². The molecule has 1 aliphatic rings. The quantitative estimate of drug-likeness (QED) is 0.767. The SMILES string of the molecule is CN(C(=O)CSc1c(Cl)cccc1Cl)C1CCS(=O)(=O)C1. The van der Waals surface area contributed by atoms with Gasteiger partial charge in [0.25, 0.3) is 0 Å². The third-order valence-electron chi connectivity index (χ3n) is 3.41. The predicted octanol–water partition coefficient (Wildman–Crippen LogP) is 2.73. The van der Waals surface area contributed by atoms with Crippen molar-refractivity contribution < 1.29 is 13.2 Å². The number of carbonyl (C=O) groups is 1. The number of nitrogens with zero attached hydrogens (tertiary/aromatic N) is 1. The molecule has 1 saturated heterocycles. The first-order valence-electron chi connectivity index (χ1n) is 6.33. The second-order valence-electron chi connectivity index (χ2n) is 4.90. The van der Waals surface area contributed by atoms with E-state index in [9.17, 15) is 13.2 Å². The van der Waals surface area contributed by atoms with Crippen molar-refractivity contribution in [2.75, 3.05) is 24.3 Å². The highest BCUT2D eigenvalue weighted by molar-refractivity contribution is 8.00.